The predicted octanol–water partition coefficient (Wildman–Crippen LogP) is 7.32. The second-order valence-electron chi connectivity index (χ2n) is 7.73. The standard InChI is InChI=1S/C23H33O3P/c1-17(2)21(6)20(5)15-16-24-27(25-22-11-7-18(3)8-12-22)26-23-13-9-19(4)10-14-23/h7-14,17,20-21H,15-16H2,1-6H3. The Bertz CT molecular complexity index is 620. The normalized spacial score (nSPS) is 13.6. The molecule has 0 N–H and O–H groups in total. The number of aryl methyl sites for hydroxylation is 2. The summed E-state index contributed by atoms with van der Waals surface area (Å²) in [6.07, 6.45) is 0.993. The molecule has 0 saturated heterocycles. The van der Waals surface area contributed by atoms with Crippen molar-refractivity contribution in [2.45, 2.75) is 48.0 Å². The summed E-state index contributed by atoms with van der Waals surface area (Å²) in [5, 5.41) is 0. The van der Waals surface area contributed by atoms with Crippen molar-refractivity contribution in [1.82, 2.24) is 0 Å². The van der Waals surface area contributed by atoms with E-state index in [-0.39, 0.29) is 0 Å². The molecule has 2 aromatic rings. The van der Waals surface area contributed by atoms with E-state index in [1.54, 1.807) is 0 Å². The van der Waals surface area contributed by atoms with Crippen molar-refractivity contribution in [3.63, 3.8) is 0 Å². The van der Waals surface area contributed by atoms with E-state index >= 15 is 0 Å². The summed E-state index contributed by atoms with van der Waals surface area (Å²) in [5.41, 5.74) is 2.40. The van der Waals surface area contributed by atoms with E-state index < -0.39 is 8.60 Å². The molecular weight excluding hydrogens is 355 g/mol. The number of hydrogen-bond acceptors (Lipinski definition) is 3. The first kappa shape index (κ1) is 21.7. The van der Waals surface area contributed by atoms with Crippen LogP contribution in [0.4, 0.5) is 0 Å². The highest BCUT2D eigenvalue weighted by atomic mass is 31.2. The maximum Gasteiger partial charge on any atom is 0.463 e. The first-order chi connectivity index (χ1) is 12.8. The summed E-state index contributed by atoms with van der Waals surface area (Å²) in [6.45, 7) is 13.9. The first-order valence-electron chi connectivity index (χ1n) is 9.77. The summed E-state index contributed by atoms with van der Waals surface area (Å²) < 4.78 is 18.1. The van der Waals surface area contributed by atoms with Gasteiger partial charge in [0.1, 0.15) is 11.5 Å². The molecule has 0 fully saturated rings. The molecule has 2 unspecified atom stereocenters. The first-order valence-corrected chi connectivity index (χ1v) is 10.9. The van der Waals surface area contributed by atoms with Gasteiger partial charge in [0.05, 0.1) is 6.61 Å². The van der Waals surface area contributed by atoms with E-state index in [1.807, 2.05) is 48.5 Å². The third-order valence-corrected chi connectivity index (χ3v) is 6.23. The number of hydrogen-bond donors (Lipinski definition) is 0. The van der Waals surface area contributed by atoms with Gasteiger partial charge in [0, 0.05) is 0 Å². The van der Waals surface area contributed by atoms with Crippen molar-refractivity contribution in [3.8, 4) is 11.5 Å². The molecule has 2 aromatic carbocycles. The fraction of sp³-hybridized carbons (Fsp3) is 0.478. The molecule has 0 aliphatic rings. The van der Waals surface area contributed by atoms with E-state index in [2.05, 4.69) is 41.5 Å². The van der Waals surface area contributed by atoms with E-state index in [0.717, 1.165) is 17.9 Å². The minimum atomic E-state index is -1.50. The van der Waals surface area contributed by atoms with Crippen LogP contribution in [0.3, 0.4) is 0 Å². The van der Waals surface area contributed by atoms with Crippen molar-refractivity contribution in [2.24, 2.45) is 17.8 Å². The number of rotatable bonds is 10. The second kappa shape index (κ2) is 10.7. The largest absolute Gasteiger partial charge is 0.463 e. The summed E-state index contributed by atoms with van der Waals surface area (Å²) in [5.74, 6) is 3.47. The minimum Gasteiger partial charge on any atom is -0.418 e. The van der Waals surface area contributed by atoms with Crippen molar-refractivity contribution in [1.29, 1.82) is 0 Å². The van der Waals surface area contributed by atoms with Gasteiger partial charge in [0.2, 0.25) is 0 Å². The van der Waals surface area contributed by atoms with Crippen LogP contribution in [0.2, 0.25) is 0 Å². The van der Waals surface area contributed by atoms with Crippen LogP contribution in [0.1, 0.15) is 45.2 Å². The van der Waals surface area contributed by atoms with Crippen molar-refractivity contribution in [3.05, 3.63) is 59.7 Å². The molecule has 2 rings (SSSR count). The quantitative estimate of drug-likeness (QED) is 0.399. The molecule has 0 radical (unpaired) electrons. The Morgan fingerprint density at radius 3 is 1.59 bits per heavy atom. The molecule has 0 spiro atoms. The Kier molecular flexibility index (Phi) is 8.60. The molecule has 0 heterocycles. The van der Waals surface area contributed by atoms with Crippen molar-refractivity contribution >= 4 is 8.60 Å². The van der Waals surface area contributed by atoms with Crippen LogP contribution in [-0.2, 0) is 4.52 Å². The van der Waals surface area contributed by atoms with Crippen molar-refractivity contribution in [2.75, 3.05) is 6.61 Å². The van der Waals surface area contributed by atoms with Gasteiger partial charge in [-0.05, 0) is 62.3 Å². The second-order valence-corrected chi connectivity index (χ2v) is 8.81. The SMILES string of the molecule is Cc1ccc(OP(OCCC(C)C(C)C(C)C)Oc2ccc(C)cc2)cc1. The Labute approximate surface area is 166 Å². The molecule has 0 bridgehead atoms. The van der Waals surface area contributed by atoms with Crippen LogP contribution in [0, 0.1) is 31.6 Å². The monoisotopic (exact) mass is 388 g/mol. The van der Waals surface area contributed by atoms with Gasteiger partial charge in [-0.1, -0.05) is 63.1 Å². The Morgan fingerprint density at radius 2 is 1.19 bits per heavy atom. The third-order valence-electron chi connectivity index (χ3n) is 5.12. The molecule has 3 nitrogen and oxygen atoms in total. The topological polar surface area (TPSA) is 27.7 Å². The van der Waals surface area contributed by atoms with E-state index in [1.165, 1.54) is 11.1 Å². The maximum atomic E-state index is 6.03. The molecule has 0 amide bonds. The molecule has 0 aliphatic heterocycles. The molecular formula is C23H33O3P. The molecule has 148 valence electrons. The van der Waals surface area contributed by atoms with Gasteiger partial charge in [0.15, 0.2) is 0 Å². The highest BCUT2D eigenvalue weighted by Gasteiger charge is 2.20. The van der Waals surface area contributed by atoms with Crippen LogP contribution in [0.25, 0.3) is 0 Å². The molecule has 27 heavy (non-hydrogen) atoms. The molecule has 0 aliphatic carbocycles. The van der Waals surface area contributed by atoms with Gasteiger partial charge in [-0.3, -0.25) is 4.52 Å². The third kappa shape index (κ3) is 7.52. The lowest BCUT2D eigenvalue weighted by Crippen LogP contribution is -2.16. The van der Waals surface area contributed by atoms with Crippen LogP contribution in [0.15, 0.2) is 48.5 Å². The lowest BCUT2D eigenvalue weighted by molar-refractivity contribution is 0.208. The highest BCUT2D eigenvalue weighted by molar-refractivity contribution is 7.42. The van der Waals surface area contributed by atoms with Gasteiger partial charge < -0.3 is 9.05 Å². The van der Waals surface area contributed by atoms with Crippen LogP contribution in [0.5, 0.6) is 11.5 Å². The summed E-state index contributed by atoms with van der Waals surface area (Å²) in [4.78, 5) is 0. The Morgan fingerprint density at radius 1 is 0.741 bits per heavy atom. The van der Waals surface area contributed by atoms with Crippen LogP contribution in [-0.4, -0.2) is 6.61 Å². The van der Waals surface area contributed by atoms with Gasteiger partial charge in [-0.25, -0.2) is 0 Å². The molecule has 0 aromatic heterocycles. The van der Waals surface area contributed by atoms with Crippen molar-refractivity contribution < 1.29 is 13.6 Å². The summed E-state index contributed by atoms with van der Waals surface area (Å²) >= 11 is 0. The average Bonchev–Trinajstić information content (AvgIpc) is 2.64. The fourth-order valence-corrected chi connectivity index (χ4v) is 3.66. The van der Waals surface area contributed by atoms with Gasteiger partial charge >= 0.3 is 8.60 Å². The lowest BCUT2D eigenvalue weighted by atomic mass is 9.84. The summed E-state index contributed by atoms with van der Waals surface area (Å²) in [7, 11) is -1.50. The average molecular weight is 388 g/mol. The van der Waals surface area contributed by atoms with Crippen LogP contribution < -0.4 is 9.05 Å². The smallest absolute Gasteiger partial charge is 0.418 e. The molecule has 2 atom stereocenters. The van der Waals surface area contributed by atoms with E-state index in [9.17, 15) is 0 Å². The minimum absolute atomic E-state index is 0.598. The Balaban J connectivity index is 1.97. The zero-order valence-electron chi connectivity index (χ0n) is 17.4. The van der Waals surface area contributed by atoms with E-state index in [4.69, 9.17) is 13.6 Å². The van der Waals surface area contributed by atoms with Gasteiger partial charge in [-0.2, -0.15) is 0 Å². The molecule has 4 heteroatoms. The molecule has 0 saturated carbocycles. The van der Waals surface area contributed by atoms with Gasteiger partial charge in [0.25, 0.3) is 0 Å². The lowest BCUT2D eigenvalue weighted by Gasteiger charge is -2.24. The highest BCUT2D eigenvalue weighted by Crippen LogP contribution is 2.42. The van der Waals surface area contributed by atoms with E-state index in [0.29, 0.717) is 24.4 Å². The zero-order valence-corrected chi connectivity index (χ0v) is 18.3. The predicted molar refractivity (Wildman–Crippen MR) is 114 cm³/mol. The maximum absolute atomic E-state index is 6.03. The fourth-order valence-electron chi connectivity index (χ4n) is 2.67. The summed E-state index contributed by atoms with van der Waals surface area (Å²) in [6, 6.07) is 15.9. The van der Waals surface area contributed by atoms with Gasteiger partial charge in [-0.15, -0.1) is 0 Å². The zero-order chi connectivity index (χ0) is 19.8. The van der Waals surface area contributed by atoms with Crippen LogP contribution >= 0.6 is 8.60 Å². The Hall–Kier alpha value is -1.57. The number of benzene rings is 2.